The van der Waals surface area contributed by atoms with E-state index in [1.54, 1.807) is 24.4 Å². The molecule has 3 aromatic rings. The molecule has 0 aliphatic carbocycles. The second-order valence-corrected chi connectivity index (χ2v) is 5.40. The first-order valence-corrected chi connectivity index (χ1v) is 6.88. The van der Waals surface area contributed by atoms with E-state index >= 15 is 0 Å². The number of nitrogens with zero attached hydrogens (tertiary/aromatic N) is 1. The summed E-state index contributed by atoms with van der Waals surface area (Å²) in [6.45, 7) is 0. The van der Waals surface area contributed by atoms with Gasteiger partial charge in [-0.05, 0) is 41.5 Å². The third kappa shape index (κ3) is 2.50. The van der Waals surface area contributed by atoms with Crippen LogP contribution in [0.2, 0.25) is 10.0 Å². The van der Waals surface area contributed by atoms with Crippen LogP contribution in [-0.2, 0) is 0 Å². The fourth-order valence-corrected chi connectivity index (χ4v) is 2.82. The maximum absolute atomic E-state index is 10.6. The third-order valence-electron chi connectivity index (χ3n) is 3.17. The first kappa shape index (κ1) is 13.4. The molecule has 3 rings (SSSR count). The predicted octanol–water partition coefficient (Wildman–Crippen LogP) is 4.62. The average molecular weight is 304 g/mol. The van der Waals surface area contributed by atoms with Crippen LogP contribution in [-0.4, -0.2) is 10.1 Å². The maximum atomic E-state index is 10.6. The Kier molecular flexibility index (Phi) is 3.62. The fraction of sp³-hybridized carbons (Fsp3) is 0.0625. The van der Waals surface area contributed by atoms with Crippen molar-refractivity contribution < 1.29 is 5.11 Å². The number of aliphatic hydroxyl groups is 1. The summed E-state index contributed by atoms with van der Waals surface area (Å²) in [5.41, 5.74) is 2.30. The van der Waals surface area contributed by atoms with Gasteiger partial charge >= 0.3 is 0 Å². The highest BCUT2D eigenvalue weighted by Gasteiger charge is 2.14. The summed E-state index contributed by atoms with van der Waals surface area (Å²) >= 11 is 12.0. The number of benzene rings is 2. The smallest absolute Gasteiger partial charge is 0.105 e. The van der Waals surface area contributed by atoms with Gasteiger partial charge in [-0.2, -0.15) is 0 Å². The van der Waals surface area contributed by atoms with Gasteiger partial charge in [0.05, 0.1) is 5.52 Å². The highest BCUT2D eigenvalue weighted by molar-refractivity contribution is 6.34. The molecule has 1 N–H and O–H groups in total. The third-order valence-corrected chi connectivity index (χ3v) is 3.61. The molecular formula is C16H11Cl2NO. The molecule has 20 heavy (non-hydrogen) atoms. The number of hydrogen-bond donors (Lipinski definition) is 1. The van der Waals surface area contributed by atoms with E-state index in [0.29, 0.717) is 15.6 Å². The van der Waals surface area contributed by atoms with Crippen LogP contribution in [0, 0.1) is 0 Å². The average Bonchev–Trinajstić information content (AvgIpc) is 2.45. The van der Waals surface area contributed by atoms with Crippen molar-refractivity contribution in [2.75, 3.05) is 0 Å². The van der Waals surface area contributed by atoms with E-state index in [4.69, 9.17) is 23.2 Å². The molecule has 1 aromatic heterocycles. The molecule has 0 aliphatic rings. The zero-order valence-corrected chi connectivity index (χ0v) is 11.9. The van der Waals surface area contributed by atoms with Gasteiger partial charge in [0.15, 0.2) is 0 Å². The van der Waals surface area contributed by atoms with Crippen molar-refractivity contribution >= 4 is 34.1 Å². The van der Waals surface area contributed by atoms with Crippen molar-refractivity contribution in [2.24, 2.45) is 0 Å². The molecule has 0 aliphatic heterocycles. The molecular weight excluding hydrogens is 293 g/mol. The summed E-state index contributed by atoms with van der Waals surface area (Å²) in [5, 5.41) is 12.5. The number of hydrogen-bond acceptors (Lipinski definition) is 2. The number of aromatic nitrogens is 1. The topological polar surface area (TPSA) is 33.1 Å². The SMILES string of the molecule is OC(c1cc(Cl)cc(Cl)c1)c1cccc2ncccc12. The molecule has 1 unspecified atom stereocenters. The summed E-state index contributed by atoms with van der Waals surface area (Å²) in [6.07, 6.45) is 0.938. The molecule has 1 atom stereocenters. The summed E-state index contributed by atoms with van der Waals surface area (Å²) in [6, 6.07) is 14.5. The molecule has 0 saturated carbocycles. The Labute approximate surface area is 126 Å². The summed E-state index contributed by atoms with van der Waals surface area (Å²) in [5.74, 6) is 0. The van der Waals surface area contributed by atoms with E-state index in [-0.39, 0.29) is 0 Å². The standard InChI is InChI=1S/C16H11Cl2NO/c17-11-7-10(8-12(18)9-11)16(20)14-3-1-5-15-13(14)4-2-6-19-15/h1-9,16,20H. The minimum absolute atomic E-state index is 0.505. The van der Waals surface area contributed by atoms with Gasteiger partial charge in [0.25, 0.3) is 0 Å². The number of rotatable bonds is 2. The van der Waals surface area contributed by atoms with Gasteiger partial charge in [-0.1, -0.05) is 41.4 Å². The van der Waals surface area contributed by atoms with E-state index in [2.05, 4.69) is 4.98 Å². The van der Waals surface area contributed by atoms with Crippen molar-refractivity contribution in [3.63, 3.8) is 0 Å². The van der Waals surface area contributed by atoms with Crippen molar-refractivity contribution in [1.29, 1.82) is 0 Å². The van der Waals surface area contributed by atoms with Crippen LogP contribution in [0.4, 0.5) is 0 Å². The van der Waals surface area contributed by atoms with Crippen molar-refractivity contribution in [2.45, 2.75) is 6.10 Å². The van der Waals surface area contributed by atoms with E-state index in [1.165, 1.54) is 0 Å². The van der Waals surface area contributed by atoms with E-state index < -0.39 is 6.10 Å². The lowest BCUT2D eigenvalue weighted by atomic mass is 9.98. The first-order chi connectivity index (χ1) is 9.65. The van der Waals surface area contributed by atoms with Crippen LogP contribution < -0.4 is 0 Å². The number of halogens is 2. The lowest BCUT2D eigenvalue weighted by Crippen LogP contribution is -2.01. The van der Waals surface area contributed by atoms with Crippen molar-refractivity contribution in [3.8, 4) is 0 Å². The fourth-order valence-electron chi connectivity index (χ4n) is 2.28. The van der Waals surface area contributed by atoms with Crippen LogP contribution >= 0.6 is 23.2 Å². The van der Waals surface area contributed by atoms with Gasteiger partial charge in [0.2, 0.25) is 0 Å². The molecule has 0 spiro atoms. The van der Waals surface area contributed by atoms with Gasteiger partial charge in [-0.3, -0.25) is 4.98 Å². The van der Waals surface area contributed by atoms with Crippen LogP contribution in [0.25, 0.3) is 10.9 Å². The van der Waals surface area contributed by atoms with Gasteiger partial charge < -0.3 is 5.11 Å². The van der Waals surface area contributed by atoms with Crippen molar-refractivity contribution in [3.05, 3.63) is 75.9 Å². The van der Waals surface area contributed by atoms with Gasteiger partial charge in [0.1, 0.15) is 6.10 Å². The van der Waals surface area contributed by atoms with Gasteiger partial charge in [-0.25, -0.2) is 0 Å². The molecule has 2 nitrogen and oxygen atoms in total. The Morgan fingerprint density at radius 3 is 2.45 bits per heavy atom. The molecule has 4 heteroatoms. The molecule has 0 fully saturated rings. The first-order valence-electron chi connectivity index (χ1n) is 6.13. The molecule has 0 amide bonds. The Balaban J connectivity index is 2.15. The lowest BCUT2D eigenvalue weighted by Gasteiger charge is -2.14. The molecule has 100 valence electrons. The second kappa shape index (κ2) is 5.41. The minimum atomic E-state index is -0.793. The highest BCUT2D eigenvalue weighted by Crippen LogP contribution is 2.31. The van der Waals surface area contributed by atoms with Gasteiger partial charge in [0, 0.05) is 21.6 Å². The summed E-state index contributed by atoms with van der Waals surface area (Å²) < 4.78 is 0. The lowest BCUT2D eigenvalue weighted by molar-refractivity contribution is 0.222. The highest BCUT2D eigenvalue weighted by atomic mass is 35.5. The normalized spacial score (nSPS) is 12.6. The van der Waals surface area contributed by atoms with Crippen LogP contribution in [0.15, 0.2) is 54.7 Å². The van der Waals surface area contributed by atoms with Crippen LogP contribution in [0.1, 0.15) is 17.2 Å². The Morgan fingerprint density at radius 1 is 0.950 bits per heavy atom. The minimum Gasteiger partial charge on any atom is -0.384 e. The van der Waals surface area contributed by atoms with Crippen LogP contribution in [0.3, 0.4) is 0 Å². The molecule has 0 saturated heterocycles. The van der Waals surface area contributed by atoms with Gasteiger partial charge in [-0.15, -0.1) is 0 Å². The molecule has 1 heterocycles. The van der Waals surface area contributed by atoms with Crippen LogP contribution in [0.5, 0.6) is 0 Å². The maximum Gasteiger partial charge on any atom is 0.105 e. The molecule has 0 bridgehead atoms. The number of fused-ring (bicyclic) bond motifs is 1. The monoisotopic (exact) mass is 303 g/mol. The predicted molar refractivity (Wildman–Crippen MR) is 82.3 cm³/mol. The quantitative estimate of drug-likeness (QED) is 0.749. The summed E-state index contributed by atoms with van der Waals surface area (Å²) in [7, 11) is 0. The van der Waals surface area contributed by atoms with E-state index in [1.807, 2.05) is 30.3 Å². The number of pyridine rings is 1. The molecule has 0 radical (unpaired) electrons. The summed E-state index contributed by atoms with van der Waals surface area (Å²) in [4.78, 5) is 4.29. The van der Waals surface area contributed by atoms with E-state index in [9.17, 15) is 5.11 Å². The Hall–Kier alpha value is -1.61. The molecule has 2 aromatic carbocycles. The van der Waals surface area contributed by atoms with Crippen molar-refractivity contribution in [1.82, 2.24) is 4.98 Å². The van der Waals surface area contributed by atoms with E-state index in [0.717, 1.165) is 16.5 Å². The second-order valence-electron chi connectivity index (χ2n) is 4.52. The zero-order chi connectivity index (χ0) is 14.1. The Bertz CT molecular complexity index is 748. The number of aliphatic hydroxyl groups excluding tert-OH is 1. The largest absolute Gasteiger partial charge is 0.384 e. The zero-order valence-electron chi connectivity index (χ0n) is 10.4. The Morgan fingerprint density at radius 2 is 1.70 bits per heavy atom.